The molecule has 16 heavy (non-hydrogen) atoms. The van der Waals surface area contributed by atoms with Crippen LogP contribution in [0.25, 0.3) is 10.8 Å². The number of anilines is 1. The molecule has 1 atom stereocenters. The quantitative estimate of drug-likeness (QED) is 0.823. The van der Waals surface area contributed by atoms with Crippen molar-refractivity contribution in [3.63, 3.8) is 0 Å². The Labute approximate surface area is 95.7 Å². The Hall–Kier alpha value is -1.61. The lowest BCUT2D eigenvalue weighted by molar-refractivity contribution is 0.714. The standard InChI is InChI=1S/C13H17N3/c1-10(6-8-14)16-13-12-5-3-2-4-11(12)7-9-15-13/h2-5,7,9-10H,6,8,14H2,1H3,(H,15,16). The zero-order chi connectivity index (χ0) is 11.4. The number of nitrogens with one attached hydrogen (secondary N) is 1. The maximum atomic E-state index is 5.54. The zero-order valence-electron chi connectivity index (χ0n) is 9.48. The molecule has 0 bridgehead atoms. The van der Waals surface area contributed by atoms with E-state index in [0.717, 1.165) is 17.6 Å². The fraction of sp³-hybridized carbons (Fsp3) is 0.308. The van der Waals surface area contributed by atoms with Gasteiger partial charge in [0, 0.05) is 17.6 Å². The number of pyridine rings is 1. The first-order valence-corrected chi connectivity index (χ1v) is 5.61. The van der Waals surface area contributed by atoms with E-state index in [1.165, 1.54) is 5.39 Å². The molecule has 3 N–H and O–H groups in total. The summed E-state index contributed by atoms with van der Waals surface area (Å²) in [4.78, 5) is 4.38. The molecule has 0 aliphatic rings. The van der Waals surface area contributed by atoms with Crippen molar-refractivity contribution in [3.8, 4) is 0 Å². The van der Waals surface area contributed by atoms with Gasteiger partial charge in [0.05, 0.1) is 0 Å². The summed E-state index contributed by atoms with van der Waals surface area (Å²) in [5.74, 6) is 0.944. The number of nitrogens with two attached hydrogens (primary N) is 1. The van der Waals surface area contributed by atoms with E-state index in [2.05, 4.69) is 29.4 Å². The van der Waals surface area contributed by atoms with Gasteiger partial charge >= 0.3 is 0 Å². The maximum Gasteiger partial charge on any atom is 0.134 e. The number of benzene rings is 1. The Morgan fingerprint density at radius 1 is 1.31 bits per heavy atom. The fourth-order valence-corrected chi connectivity index (χ4v) is 1.79. The molecule has 1 unspecified atom stereocenters. The molecule has 2 aromatic rings. The van der Waals surface area contributed by atoms with E-state index in [4.69, 9.17) is 5.73 Å². The van der Waals surface area contributed by atoms with Crippen LogP contribution < -0.4 is 11.1 Å². The first-order valence-electron chi connectivity index (χ1n) is 5.61. The van der Waals surface area contributed by atoms with E-state index >= 15 is 0 Å². The molecule has 0 saturated carbocycles. The summed E-state index contributed by atoms with van der Waals surface area (Å²) in [5, 5.41) is 5.76. The van der Waals surface area contributed by atoms with Gasteiger partial charge in [-0.1, -0.05) is 24.3 Å². The second-order valence-electron chi connectivity index (χ2n) is 4.00. The van der Waals surface area contributed by atoms with E-state index in [0.29, 0.717) is 12.6 Å². The van der Waals surface area contributed by atoms with Crippen molar-refractivity contribution in [1.82, 2.24) is 4.98 Å². The summed E-state index contributed by atoms with van der Waals surface area (Å²) in [6.07, 6.45) is 2.78. The van der Waals surface area contributed by atoms with Crippen LogP contribution in [0.2, 0.25) is 0 Å². The van der Waals surface area contributed by atoms with E-state index in [1.807, 2.05) is 24.4 Å². The van der Waals surface area contributed by atoms with Gasteiger partial charge in [-0.15, -0.1) is 0 Å². The molecule has 2 rings (SSSR count). The Balaban J connectivity index is 2.30. The molecule has 1 aromatic heterocycles. The van der Waals surface area contributed by atoms with Crippen LogP contribution >= 0.6 is 0 Å². The summed E-state index contributed by atoms with van der Waals surface area (Å²) in [6, 6.07) is 10.6. The van der Waals surface area contributed by atoms with E-state index in [9.17, 15) is 0 Å². The van der Waals surface area contributed by atoms with Crippen molar-refractivity contribution in [2.24, 2.45) is 5.73 Å². The molecule has 0 amide bonds. The first kappa shape index (κ1) is 10.9. The van der Waals surface area contributed by atoms with E-state index < -0.39 is 0 Å². The van der Waals surface area contributed by atoms with Crippen LogP contribution in [0.1, 0.15) is 13.3 Å². The molecule has 1 aromatic carbocycles. The Bertz CT molecular complexity index is 462. The summed E-state index contributed by atoms with van der Waals surface area (Å²) in [5.41, 5.74) is 5.54. The highest BCUT2D eigenvalue weighted by atomic mass is 15.0. The number of hydrogen-bond donors (Lipinski definition) is 2. The lowest BCUT2D eigenvalue weighted by Gasteiger charge is -2.14. The van der Waals surface area contributed by atoms with Gasteiger partial charge in [-0.3, -0.25) is 0 Å². The molecule has 0 radical (unpaired) electrons. The van der Waals surface area contributed by atoms with Crippen molar-refractivity contribution in [2.45, 2.75) is 19.4 Å². The Morgan fingerprint density at radius 3 is 2.94 bits per heavy atom. The van der Waals surface area contributed by atoms with Gasteiger partial charge in [0.2, 0.25) is 0 Å². The zero-order valence-corrected chi connectivity index (χ0v) is 9.48. The Kier molecular flexibility index (Phi) is 3.37. The highest BCUT2D eigenvalue weighted by Crippen LogP contribution is 2.21. The van der Waals surface area contributed by atoms with Gasteiger partial charge in [-0.25, -0.2) is 4.98 Å². The maximum absolute atomic E-state index is 5.54. The monoisotopic (exact) mass is 215 g/mol. The summed E-state index contributed by atoms with van der Waals surface area (Å²) >= 11 is 0. The third-order valence-electron chi connectivity index (χ3n) is 2.66. The normalized spacial score (nSPS) is 12.6. The number of nitrogens with zero attached hydrogens (tertiary/aromatic N) is 1. The van der Waals surface area contributed by atoms with E-state index in [1.54, 1.807) is 0 Å². The van der Waals surface area contributed by atoms with Crippen molar-refractivity contribution in [3.05, 3.63) is 36.5 Å². The first-order chi connectivity index (χ1) is 7.81. The molecule has 0 spiro atoms. The molecule has 0 aliphatic heterocycles. The van der Waals surface area contributed by atoms with Crippen LogP contribution in [-0.2, 0) is 0 Å². The summed E-state index contributed by atoms with van der Waals surface area (Å²) in [6.45, 7) is 2.81. The molecular weight excluding hydrogens is 198 g/mol. The number of hydrogen-bond acceptors (Lipinski definition) is 3. The molecule has 0 aliphatic carbocycles. The van der Waals surface area contributed by atoms with Gasteiger partial charge in [0.1, 0.15) is 5.82 Å². The molecule has 1 heterocycles. The average molecular weight is 215 g/mol. The minimum Gasteiger partial charge on any atom is -0.367 e. The highest BCUT2D eigenvalue weighted by Gasteiger charge is 2.04. The van der Waals surface area contributed by atoms with Crippen LogP contribution in [0.15, 0.2) is 36.5 Å². The van der Waals surface area contributed by atoms with Gasteiger partial charge in [-0.05, 0) is 31.3 Å². The second kappa shape index (κ2) is 4.94. The van der Waals surface area contributed by atoms with Crippen molar-refractivity contribution in [1.29, 1.82) is 0 Å². The van der Waals surface area contributed by atoms with Crippen LogP contribution in [0.5, 0.6) is 0 Å². The number of rotatable bonds is 4. The predicted molar refractivity (Wildman–Crippen MR) is 68.5 cm³/mol. The minimum absolute atomic E-state index is 0.350. The van der Waals surface area contributed by atoms with Gasteiger partial charge in [0.25, 0.3) is 0 Å². The number of fused-ring (bicyclic) bond motifs is 1. The van der Waals surface area contributed by atoms with Crippen molar-refractivity contribution < 1.29 is 0 Å². The predicted octanol–water partition coefficient (Wildman–Crippen LogP) is 2.38. The lowest BCUT2D eigenvalue weighted by Crippen LogP contribution is -2.20. The summed E-state index contributed by atoms with van der Waals surface area (Å²) < 4.78 is 0. The molecule has 3 heteroatoms. The van der Waals surface area contributed by atoms with E-state index in [-0.39, 0.29) is 0 Å². The summed E-state index contributed by atoms with van der Waals surface area (Å²) in [7, 11) is 0. The van der Waals surface area contributed by atoms with Crippen LogP contribution in [-0.4, -0.2) is 17.6 Å². The van der Waals surface area contributed by atoms with Gasteiger partial charge in [0.15, 0.2) is 0 Å². The Morgan fingerprint density at radius 2 is 2.12 bits per heavy atom. The molecular formula is C13H17N3. The number of aromatic nitrogens is 1. The minimum atomic E-state index is 0.350. The smallest absolute Gasteiger partial charge is 0.134 e. The van der Waals surface area contributed by atoms with Gasteiger partial charge < -0.3 is 11.1 Å². The fourth-order valence-electron chi connectivity index (χ4n) is 1.79. The largest absolute Gasteiger partial charge is 0.367 e. The van der Waals surface area contributed by atoms with Crippen LogP contribution in [0.3, 0.4) is 0 Å². The van der Waals surface area contributed by atoms with Gasteiger partial charge in [-0.2, -0.15) is 0 Å². The molecule has 0 fully saturated rings. The average Bonchev–Trinajstić information content (AvgIpc) is 2.30. The second-order valence-corrected chi connectivity index (χ2v) is 4.00. The third kappa shape index (κ3) is 2.31. The third-order valence-corrected chi connectivity index (χ3v) is 2.66. The topological polar surface area (TPSA) is 50.9 Å². The SMILES string of the molecule is CC(CCN)Nc1nccc2ccccc12. The van der Waals surface area contributed by atoms with Crippen LogP contribution in [0.4, 0.5) is 5.82 Å². The van der Waals surface area contributed by atoms with Crippen molar-refractivity contribution >= 4 is 16.6 Å². The molecule has 0 saturated heterocycles. The lowest BCUT2D eigenvalue weighted by atomic mass is 10.1. The van der Waals surface area contributed by atoms with Crippen LogP contribution in [0, 0.1) is 0 Å². The molecule has 3 nitrogen and oxygen atoms in total. The molecule has 84 valence electrons. The van der Waals surface area contributed by atoms with Crippen molar-refractivity contribution in [2.75, 3.05) is 11.9 Å². The highest BCUT2D eigenvalue weighted by molar-refractivity contribution is 5.91.